The molecule has 3 N–H and O–H groups in total. The average Bonchev–Trinajstić information content (AvgIpc) is 2.29. The Bertz CT molecular complexity index is 477. The Kier molecular flexibility index (Phi) is 5.94. The largest absolute Gasteiger partial charge is 0.399 e. The number of thioether (sulfide) groups is 1. The molecule has 0 aromatic heterocycles. The van der Waals surface area contributed by atoms with Gasteiger partial charge in [-0.1, -0.05) is 6.07 Å². The van der Waals surface area contributed by atoms with Crippen LogP contribution in [-0.4, -0.2) is 49.5 Å². The number of aliphatic hydroxyl groups excluding tert-OH is 1. The molecule has 7 heteroatoms. The highest BCUT2D eigenvalue weighted by atomic mass is 32.2. The maximum atomic E-state index is 11.8. The molecule has 0 unspecified atom stereocenters. The summed E-state index contributed by atoms with van der Waals surface area (Å²) in [5, 5.41) is 8.71. The fourth-order valence-electron chi connectivity index (χ4n) is 1.30. The summed E-state index contributed by atoms with van der Waals surface area (Å²) in [6, 6.07) is 7.33. The fourth-order valence-corrected chi connectivity index (χ4v) is 3.78. The van der Waals surface area contributed by atoms with Crippen molar-refractivity contribution >= 4 is 27.5 Å². The van der Waals surface area contributed by atoms with Gasteiger partial charge in [0.25, 0.3) is 0 Å². The van der Waals surface area contributed by atoms with E-state index in [0.717, 1.165) is 4.90 Å². The van der Waals surface area contributed by atoms with Gasteiger partial charge in [-0.05, 0) is 18.2 Å². The monoisotopic (exact) mass is 290 g/mol. The molecule has 0 saturated carbocycles. The zero-order valence-corrected chi connectivity index (χ0v) is 11.9. The van der Waals surface area contributed by atoms with E-state index in [-0.39, 0.29) is 18.9 Å². The maximum absolute atomic E-state index is 11.8. The van der Waals surface area contributed by atoms with Crippen LogP contribution in [0.2, 0.25) is 0 Å². The molecule has 0 radical (unpaired) electrons. The van der Waals surface area contributed by atoms with E-state index >= 15 is 0 Å². The first-order chi connectivity index (χ1) is 8.45. The van der Waals surface area contributed by atoms with Gasteiger partial charge < -0.3 is 10.8 Å². The molecule has 0 fully saturated rings. The van der Waals surface area contributed by atoms with E-state index in [1.165, 1.54) is 23.1 Å². The van der Waals surface area contributed by atoms with Crippen molar-refractivity contribution in [3.63, 3.8) is 0 Å². The molecule has 1 rings (SSSR count). The second-order valence-corrected chi connectivity index (χ2v) is 7.15. The Morgan fingerprint density at radius 2 is 2.17 bits per heavy atom. The Morgan fingerprint density at radius 1 is 1.44 bits per heavy atom. The number of nitrogen functional groups attached to an aromatic ring is 1. The number of benzene rings is 1. The fraction of sp³-hybridized carbons (Fsp3) is 0.455. The van der Waals surface area contributed by atoms with Crippen LogP contribution >= 0.6 is 11.8 Å². The zero-order chi connectivity index (χ0) is 13.6. The van der Waals surface area contributed by atoms with Crippen molar-refractivity contribution in [1.82, 2.24) is 4.31 Å². The lowest BCUT2D eigenvalue weighted by molar-refractivity contribution is 0.266. The molecule has 0 heterocycles. The Hall–Kier alpha value is -0.760. The normalized spacial score (nSPS) is 11.9. The van der Waals surface area contributed by atoms with Crippen molar-refractivity contribution in [3.8, 4) is 0 Å². The van der Waals surface area contributed by atoms with Crippen LogP contribution in [0.15, 0.2) is 29.2 Å². The molecule has 0 bridgehead atoms. The van der Waals surface area contributed by atoms with Crippen molar-refractivity contribution in [1.29, 1.82) is 0 Å². The number of hydrogen-bond acceptors (Lipinski definition) is 5. The number of likely N-dealkylation sites (N-methyl/N-ethyl adjacent to an activating group) is 1. The summed E-state index contributed by atoms with van der Waals surface area (Å²) in [5.74, 6) is 0.504. The van der Waals surface area contributed by atoms with Gasteiger partial charge >= 0.3 is 0 Å². The summed E-state index contributed by atoms with van der Waals surface area (Å²) in [5.41, 5.74) is 6.30. The van der Waals surface area contributed by atoms with E-state index in [1.807, 2.05) is 18.2 Å². The van der Waals surface area contributed by atoms with Gasteiger partial charge in [-0.3, -0.25) is 0 Å². The molecular weight excluding hydrogens is 272 g/mol. The van der Waals surface area contributed by atoms with Gasteiger partial charge in [-0.15, -0.1) is 11.8 Å². The van der Waals surface area contributed by atoms with Crippen molar-refractivity contribution < 1.29 is 13.5 Å². The summed E-state index contributed by atoms with van der Waals surface area (Å²) < 4.78 is 24.7. The lowest BCUT2D eigenvalue weighted by Gasteiger charge is -2.15. The van der Waals surface area contributed by atoms with Gasteiger partial charge in [0.05, 0.1) is 12.4 Å². The summed E-state index contributed by atoms with van der Waals surface area (Å²) >= 11 is 1.45. The quantitative estimate of drug-likeness (QED) is 0.568. The van der Waals surface area contributed by atoms with Gasteiger partial charge in [0.15, 0.2) is 0 Å². The Labute approximate surface area is 112 Å². The predicted molar refractivity (Wildman–Crippen MR) is 75.1 cm³/mol. The smallest absolute Gasteiger partial charge is 0.214 e. The van der Waals surface area contributed by atoms with Crippen molar-refractivity contribution in [2.24, 2.45) is 0 Å². The van der Waals surface area contributed by atoms with Crippen LogP contribution in [0.25, 0.3) is 0 Å². The lowest BCUT2D eigenvalue weighted by atomic mass is 10.3. The van der Waals surface area contributed by atoms with Crippen LogP contribution < -0.4 is 5.73 Å². The zero-order valence-electron chi connectivity index (χ0n) is 10.2. The number of hydrogen-bond donors (Lipinski definition) is 2. The lowest BCUT2D eigenvalue weighted by Crippen LogP contribution is -2.32. The third kappa shape index (κ3) is 4.85. The Morgan fingerprint density at radius 3 is 2.78 bits per heavy atom. The van der Waals surface area contributed by atoms with E-state index in [4.69, 9.17) is 10.8 Å². The van der Waals surface area contributed by atoms with Crippen LogP contribution in [0.5, 0.6) is 0 Å². The van der Waals surface area contributed by atoms with Crippen LogP contribution in [-0.2, 0) is 10.0 Å². The van der Waals surface area contributed by atoms with E-state index in [1.54, 1.807) is 6.07 Å². The highest BCUT2D eigenvalue weighted by Crippen LogP contribution is 2.20. The second kappa shape index (κ2) is 6.98. The maximum Gasteiger partial charge on any atom is 0.214 e. The van der Waals surface area contributed by atoms with Gasteiger partial charge in [-0.2, -0.15) is 0 Å². The van der Waals surface area contributed by atoms with E-state index in [0.29, 0.717) is 11.4 Å². The number of rotatable bonds is 7. The van der Waals surface area contributed by atoms with E-state index in [2.05, 4.69) is 0 Å². The molecule has 1 aromatic rings. The first kappa shape index (κ1) is 15.3. The topological polar surface area (TPSA) is 83.6 Å². The number of sulfonamides is 1. The Balaban J connectivity index is 2.46. The van der Waals surface area contributed by atoms with Gasteiger partial charge in [0.2, 0.25) is 10.0 Å². The van der Waals surface area contributed by atoms with Gasteiger partial charge in [-0.25, -0.2) is 12.7 Å². The minimum atomic E-state index is -3.28. The number of nitrogens with two attached hydrogens (primary N) is 1. The third-order valence-corrected chi connectivity index (χ3v) is 5.46. The summed E-state index contributed by atoms with van der Waals surface area (Å²) in [6.45, 7) is -0.0383. The van der Waals surface area contributed by atoms with Crippen molar-refractivity contribution in [2.45, 2.75) is 4.90 Å². The molecular formula is C11H18N2O3S2. The molecule has 1 aromatic carbocycles. The van der Waals surface area contributed by atoms with Gasteiger partial charge in [0.1, 0.15) is 0 Å². The SMILES string of the molecule is CN(CCO)S(=O)(=O)CCSc1cccc(N)c1. The minimum Gasteiger partial charge on any atom is -0.399 e. The van der Waals surface area contributed by atoms with E-state index in [9.17, 15) is 8.42 Å². The average molecular weight is 290 g/mol. The van der Waals surface area contributed by atoms with Crippen LogP contribution in [0.1, 0.15) is 0 Å². The number of anilines is 1. The highest BCUT2D eigenvalue weighted by Gasteiger charge is 2.16. The molecule has 5 nitrogen and oxygen atoms in total. The second-order valence-electron chi connectivity index (χ2n) is 3.78. The molecule has 102 valence electrons. The summed E-state index contributed by atoms with van der Waals surface area (Å²) in [6.07, 6.45) is 0. The molecule has 0 saturated heterocycles. The van der Waals surface area contributed by atoms with Gasteiger partial charge in [0, 0.05) is 29.9 Å². The first-order valence-corrected chi connectivity index (χ1v) is 8.08. The van der Waals surface area contributed by atoms with Crippen LogP contribution in [0.3, 0.4) is 0 Å². The highest BCUT2D eigenvalue weighted by molar-refractivity contribution is 8.00. The minimum absolute atomic E-state index is 0.0446. The first-order valence-electron chi connectivity index (χ1n) is 5.49. The van der Waals surface area contributed by atoms with Crippen molar-refractivity contribution in [3.05, 3.63) is 24.3 Å². The van der Waals surface area contributed by atoms with Crippen LogP contribution in [0.4, 0.5) is 5.69 Å². The third-order valence-electron chi connectivity index (χ3n) is 2.36. The number of nitrogens with zero attached hydrogens (tertiary/aromatic N) is 1. The molecule has 0 amide bonds. The molecule has 0 aliphatic carbocycles. The molecule has 18 heavy (non-hydrogen) atoms. The summed E-state index contributed by atoms with van der Waals surface area (Å²) in [7, 11) is -1.81. The molecule has 0 spiro atoms. The molecule has 0 atom stereocenters. The molecule has 0 aliphatic heterocycles. The predicted octanol–water partition coefficient (Wildman–Crippen LogP) is 0.615. The van der Waals surface area contributed by atoms with Crippen molar-refractivity contribution in [2.75, 3.05) is 37.4 Å². The standard InChI is InChI=1S/C11H18N2O3S2/c1-13(5-6-14)18(15,16)8-7-17-11-4-2-3-10(12)9-11/h2-4,9,14H,5-8,12H2,1H3. The van der Waals surface area contributed by atoms with Crippen LogP contribution in [0, 0.1) is 0 Å². The summed E-state index contributed by atoms with van der Waals surface area (Å²) in [4.78, 5) is 0.954. The van der Waals surface area contributed by atoms with E-state index < -0.39 is 10.0 Å². The number of aliphatic hydroxyl groups is 1. The molecule has 0 aliphatic rings.